The lowest BCUT2D eigenvalue weighted by molar-refractivity contribution is 0.0730. The van der Waals surface area contributed by atoms with Crippen LogP contribution in [0.3, 0.4) is 0 Å². The first-order valence-electron chi connectivity index (χ1n) is 11.5. The molecule has 5 rings (SSSR count). The van der Waals surface area contributed by atoms with Crippen LogP contribution in [-0.4, -0.2) is 32.8 Å². The van der Waals surface area contributed by atoms with Gasteiger partial charge in [0, 0.05) is 24.5 Å². The first-order chi connectivity index (χ1) is 17.2. The maximum Gasteiger partial charge on any atom is 0.343 e. The molecule has 0 fully saturated rings. The number of nitriles is 1. The highest BCUT2D eigenvalue weighted by atomic mass is 16.6. The first kappa shape index (κ1) is 22.3. The van der Waals surface area contributed by atoms with Gasteiger partial charge in [0.1, 0.15) is 11.9 Å². The molecule has 1 aliphatic rings. The largest absolute Gasteiger partial charge is 0.493 e. The molecule has 3 heterocycles. The van der Waals surface area contributed by atoms with Gasteiger partial charge in [-0.15, -0.1) is 10.2 Å². The molecule has 0 saturated heterocycles. The molecule has 8 heteroatoms. The van der Waals surface area contributed by atoms with Crippen molar-refractivity contribution in [1.29, 1.82) is 5.26 Å². The molecule has 0 atom stereocenters. The number of aromatic nitrogens is 4. The Kier molecular flexibility index (Phi) is 6.22. The molecule has 8 nitrogen and oxygen atoms in total. The molecular formula is C27H23N5O3. The zero-order chi connectivity index (χ0) is 24.2. The number of allylic oxidation sites excluding steroid dienone is 1. The molecule has 0 amide bonds. The number of rotatable bonds is 5. The second-order valence-electron chi connectivity index (χ2n) is 8.28. The lowest BCUT2D eigenvalue weighted by atomic mass is 10.1. The summed E-state index contributed by atoms with van der Waals surface area (Å²) >= 11 is 0. The molecule has 2 aromatic heterocycles. The topological polar surface area (TPSA) is 103 Å². The van der Waals surface area contributed by atoms with E-state index >= 15 is 0 Å². The number of benzene rings is 2. The van der Waals surface area contributed by atoms with Gasteiger partial charge in [-0.3, -0.25) is 4.98 Å². The van der Waals surface area contributed by atoms with Gasteiger partial charge in [-0.05, 0) is 60.9 Å². The highest BCUT2D eigenvalue weighted by Gasteiger charge is 2.18. The Morgan fingerprint density at radius 2 is 2.00 bits per heavy atom. The molecule has 174 valence electrons. The van der Waals surface area contributed by atoms with Crippen molar-refractivity contribution >= 4 is 28.5 Å². The molecule has 0 aliphatic carbocycles. The quantitative estimate of drug-likeness (QED) is 0.236. The molecule has 0 spiro atoms. The highest BCUT2D eigenvalue weighted by molar-refractivity contribution is 5.96. The zero-order valence-electron chi connectivity index (χ0n) is 19.3. The summed E-state index contributed by atoms with van der Waals surface area (Å²) in [5.74, 6) is 1.66. The van der Waals surface area contributed by atoms with Crippen LogP contribution in [0.4, 0.5) is 0 Å². The summed E-state index contributed by atoms with van der Waals surface area (Å²) in [4.78, 5) is 17.1. The van der Waals surface area contributed by atoms with E-state index in [-0.39, 0.29) is 5.75 Å². The molecule has 35 heavy (non-hydrogen) atoms. The van der Waals surface area contributed by atoms with E-state index in [1.54, 1.807) is 48.7 Å². The summed E-state index contributed by atoms with van der Waals surface area (Å²) in [7, 11) is 1.51. The summed E-state index contributed by atoms with van der Waals surface area (Å²) in [6.07, 6.45) is 7.58. The van der Waals surface area contributed by atoms with Crippen LogP contribution >= 0.6 is 0 Å². The van der Waals surface area contributed by atoms with Crippen molar-refractivity contribution in [3.05, 3.63) is 77.5 Å². The van der Waals surface area contributed by atoms with Crippen LogP contribution in [0.5, 0.6) is 11.5 Å². The van der Waals surface area contributed by atoms with Crippen molar-refractivity contribution in [3.8, 4) is 17.6 Å². The van der Waals surface area contributed by atoms with Gasteiger partial charge in [0.05, 0.1) is 23.8 Å². The SMILES string of the molecule is COc1cc(C=C(C#N)c2nnc3n2CCCCC3)ccc1OC(=O)c1ccc2ncccc2c1. The van der Waals surface area contributed by atoms with Crippen LogP contribution in [0.15, 0.2) is 54.7 Å². The Bertz CT molecular complexity index is 1480. The number of ether oxygens (including phenoxy) is 2. The maximum atomic E-state index is 12.8. The molecule has 0 radical (unpaired) electrons. The van der Waals surface area contributed by atoms with Crippen LogP contribution in [0.25, 0.3) is 22.6 Å². The van der Waals surface area contributed by atoms with Crippen LogP contribution in [-0.2, 0) is 13.0 Å². The van der Waals surface area contributed by atoms with Crippen molar-refractivity contribution in [2.24, 2.45) is 0 Å². The zero-order valence-corrected chi connectivity index (χ0v) is 19.3. The fourth-order valence-corrected chi connectivity index (χ4v) is 4.22. The number of nitrogens with zero attached hydrogens (tertiary/aromatic N) is 5. The molecule has 0 bridgehead atoms. The summed E-state index contributed by atoms with van der Waals surface area (Å²) < 4.78 is 13.1. The Balaban J connectivity index is 1.40. The van der Waals surface area contributed by atoms with E-state index in [1.807, 2.05) is 16.7 Å². The third-order valence-corrected chi connectivity index (χ3v) is 6.01. The Labute approximate surface area is 202 Å². The van der Waals surface area contributed by atoms with E-state index < -0.39 is 5.97 Å². The van der Waals surface area contributed by atoms with Crippen molar-refractivity contribution in [2.45, 2.75) is 32.2 Å². The average Bonchev–Trinajstić information content (AvgIpc) is 3.14. The van der Waals surface area contributed by atoms with Crippen LogP contribution in [0.1, 0.15) is 46.8 Å². The lowest BCUT2D eigenvalue weighted by Crippen LogP contribution is -2.09. The van der Waals surface area contributed by atoms with E-state index in [0.717, 1.165) is 54.5 Å². The molecule has 0 saturated carbocycles. The third kappa shape index (κ3) is 4.62. The van der Waals surface area contributed by atoms with E-state index in [1.165, 1.54) is 7.11 Å². The van der Waals surface area contributed by atoms with Crippen molar-refractivity contribution in [1.82, 2.24) is 19.7 Å². The fraction of sp³-hybridized carbons (Fsp3) is 0.222. The Morgan fingerprint density at radius 1 is 1.09 bits per heavy atom. The minimum absolute atomic E-state index is 0.288. The monoisotopic (exact) mass is 465 g/mol. The standard InChI is InChI=1S/C27H23N5O3/c1-34-24-15-18(14-21(17-28)26-31-30-25-7-3-2-4-13-32(25)26)8-11-23(24)35-27(33)20-9-10-22-19(16-20)6-5-12-29-22/h5-6,8-12,14-16H,2-4,7,13H2,1H3. The van der Waals surface area contributed by atoms with Gasteiger partial charge in [0.15, 0.2) is 17.3 Å². The van der Waals surface area contributed by atoms with Crippen molar-refractivity contribution in [3.63, 3.8) is 0 Å². The van der Waals surface area contributed by atoms with Gasteiger partial charge >= 0.3 is 5.97 Å². The normalized spacial score (nSPS) is 13.5. The van der Waals surface area contributed by atoms with E-state index in [9.17, 15) is 10.1 Å². The number of esters is 1. The molecule has 0 unspecified atom stereocenters. The smallest absolute Gasteiger partial charge is 0.343 e. The number of hydrogen-bond donors (Lipinski definition) is 0. The molecule has 1 aliphatic heterocycles. The predicted octanol–water partition coefficient (Wildman–Crippen LogP) is 4.84. The third-order valence-electron chi connectivity index (χ3n) is 6.01. The summed E-state index contributed by atoms with van der Waals surface area (Å²) in [5.41, 5.74) is 2.36. The number of methoxy groups -OCH3 is 1. The highest BCUT2D eigenvalue weighted by Crippen LogP contribution is 2.31. The van der Waals surface area contributed by atoms with Crippen molar-refractivity contribution in [2.75, 3.05) is 7.11 Å². The van der Waals surface area contributed by atoms with Gasteiger partial charge in [-0.1, -0.05) is 18.6 Å². The number of pyridine rings is 1. The summed E-state index contributed by atoms with van der Waals surface area (Å²) in [6.45, 7) is 0.805. The van der Waals surface area contributed by atoms with Gasteiger partial charge < -0.3 is 14.0 Å². The molecule has 2 aromatic carbocycles. The number of hydrogen-bond acceptors (Lipinski definition) is 7. The minimum atomic E-state index is -0.499. The number of fused-ring (bicyclic) bond motifs is 2. The van der Waals surface area contributed by atoms with Crippen LogP contribution < -0.4 is 9.47 Å². The fourth-order valence-electron chi connectivity index (χ4n) is 4.22. The molecule has 0 N–H and O–H groups in total. The van der Waals surface area contributed by atoms with E-state index in [2.05, 4.69) is 21.3 Å². The lowest BCUT2D eigenvalue weighted by Gasteiger charge is -2.11. The summed E-state index contributed by atoms with van der Waals surface area (Å²) in [6, 6.07) is 16.3. The Morgan fingerprint density at radius 3 is 2.86 bits per heavy atom. The summed E-state index contributed by atoms with van der Waals surface area (Å²) in [5, 5.41) is 19.2. The number of aryl methyl sites for hydroxylation is 1. The van der Waals surface area contributed by atoms with E-state index in [4.69, 9.17) is 9.47 Å². The second-order valence-corrected chi connectivity index (χ2v) is 8.28. The van der Waals surface area contributed by atoms with Crippen LogP contribution in [0.2, 0.25) is 0 Å². The van der Waals surface area contributed by atoms with Crippen LogP contribution in [0, 0.1) is 11.3 Å². The predicted molar refractivity (Wildman–Crippen MR) is 131 cm³/mol. The van der Waals surface area contributed by atoms with E-state index in [0.29, 0.717) is 22.7 Å². The second kappa shape index (κ2) is 9.77. The number of carbonyl (C=O) groups is 1. The average molecular weight is 466 g/mol. The van der Waals surface area contributed by atoms with Gasteiger partial charge in [0.25, 0.3) is 0 Å². The minimum Gasteiger partial charge on any atom is -0.493 e. The first-order valence-corrected chi connectivity index (χ1v) is 11.5. The molecule has 4 aromatic rings. The van der Waals surface area contributed by atoms with Gasteiger partial charge in [-0.25, -0.2) is 4.79 Å². The van der Waals surface area contributed by atoms with Gasteiger partial charge in [-0.2, -0.15) is 5.26 Å². The van der Waals surface area contributed by atoms with Gasteiger partial charge in [0.2, 0.25) is 0 Å². The molecular weight excluding hydrogens is 442 g/mol. The van der Waals surface area contributed by atoms with Crippen molar-refractivity contribution < 1.29 is 14.3 Å². The number of carbonyl (C=O) groups excluding carboxylic acids is 1. The maximum absolute atomic E-state index is 12.8. The Hall–Kier alpha value is -4.51.